The molecule has 0 fully saturated rings. The van der Waals surface area contributed by atoms with Crippen molar-refractivity contribution in [1.82, 2.24) is 19.7 Å². The Balaban J connectivity index is 1.70. The van der Waals surface area contributed by atoms with Crippen molar-refractivity contribution in [1.29, 1.82) is 0 Å². The first-order valence-electron chi connectivity index (χ1n) is 9.15. The Labute approximate surface area is 183 Å². The number of nitrogens with zero attached hydrogens (tertiary/aromatic N) is 4. The fourth-order valence-corrected chi connectivity index (χ4v) is 3.39. The van der Waals surface area contributed by atoms with E-state index in [0.717, 1.165) is 11.1 Å². The van der Waals surface area contributed by atoms with E-state index >= 15 is 0 Å². The van der Waals surface area contributed by atoms with Gasteiger partial charge in [0, 0.05) is 49.3 Å². The van der Waals surface area contributed by atoms with Crippen LogP contribution in [0.4, 0.5) is 5.69 Å². The molecule has 0 radical (unpaired) electrons. The maximum Gasteiger partial charge on any atom is 0.269 e. The summed E-state index contributed by atoms with van der Waals surface area (Å²) in [5.41, 5.74) is 2.48. The number of carbonyl (C=O) groups excluding carboxylic acids is 1. The van der Waals surface area contributed by atoms with Crippen LogP contribution in [0.2, 0.25) is 5.02 Å². The Bertz CT molecular complexity index is 1140. The molecule has 0 saturated carbocycles. The molecule has 0 aliphatic heterocycles. The summed E-state index contributed by atoms with van der Waals surface area (Å²) in [6, 6.07) is 12.1. The van der Waals surface area contributed by atoms with E-state index in [1.807, 2.05) is 31.2 Å². The van der Waals surface area contributed by atoms with Crippen LogP contribution in [-0.2, 0) is 17.9 Å². The van der Waals surface area contributed by atoms with Gasteiger partial charge in [-0.3, -0.25) is 24.6 Å². The SMILES string of the molecule is Cc1ccc(-c2n[nH]c(=S)n2CCC(=O)N(C)Cc2cc([N+](=O)[O-])ccc2Cl)cc1. The lowest BCUT2D eigenvalue weighted by molar-refractivity contribution is -0.384. The highest BCUT2D eigenvalue weighted by molar-refractivity contribution is 7.71. The first kappa shape index (κ1) is 21.7. The van der Waals surface area contributed by atoms with Crippen molar-refractivity contribution in [2.45, 2.75) is 26.4 Å². The molecule has 0 atom stereocenters. The Kier molecular flexibility index (Phi) is 6.63. The third-order valence-electron chi connectivity index (χ3n) is 4.69. The number of hydrogen-bond donors (Lipinski definition) is 1. The maximum absolute atomic E-state index is 12.6. The fourth-order valence-electron chi connectivity index (χ4n) is 2.99. The Morgan fingerprint density at radius 3 is 2.67 bits per heavy atom. The minimum absolute atomic E-state index is 0.0670. The second-order valence-corrected chi connectivity index (χ2v) is 7.70. The lowest BCUT2D eigenvalue weighted by Crippen LogP contribution is -2.27. The molecule has 1 aromatic heterocycles. The van der Waals surface area contributed by atoms with Gasteiger partial charge in [-0.15, -0.1) is 0 Å². The topological polar surface area (TPSA) is 97.1 Å². The van der Waals surface area contributed by atoms with Crippen LogP contribution in [-0.4, -0.2) is 37.5 Å². The van der Waals surface area contributed by atoms with Crippen LogP contribution in [0.5, 0.6) is 0 Å². The van der Waals surface area contributed by atoms with E-state index in [4.69, 9.17) is 23.8 Å². The molecule has 2 aromatic carbocycles. The molecular weight excluding hydrogens is 426 g/mol. The third-order valence-corrected chi connectivity index (χ3v) is 5.37. The summed E-state index contributed by atoms with van der Waals surface area (Å²) in [6.07, 6.45) is 0.190. The number of nitro groups is 1. The fraction of sp³-hybridized carbons (Fsp3) is 0.250. The monoisotopic (exact) mass is 445 g/mol. The lowest BCUT2D eigenvalue weighted by Gasteiger charge is -2.18. The highest BCUT2D eigenvalue weighted by atomic mass is 35.5. The van der Waals surface area contributed by atoms with Crippen molar-refractivity contribution in [2.75, 3.05) is 7.05 Å². The molecule has 0 bridgehead atoms. The molecule has 0 spiro atoms. The van der Waals surface area contributed by atoms with Crippen LogP contribution in [0.1, 0.15) is 17.5 Å². The summed E-state index contributed by atoms with van der Waals surface area (Å²) >= 11 is 11.5. The number of H-pyrrole nitrogens is 1. The first-order valence-corrected chi connectivity index (χ1v) is 9.94. The van der Waals surface area contributed by atoms with E-state index in [2.05, 4.69) is 10.2 Å². The predicted molar refractivity (Wildman–Crippen MR) is 117 cm³/mol. The van der Waals surface area contributed by atoms with E-state index in [1.54, 1.807) is 11.6 Å². The van der Waals surface area contributed by atoms with Crippen molar-refractivity contribution in [3.05, 3.63) is 73.5 Å². The number of non-ortho nitro benzene ring substituents is 1. The Morgan fingerprint density at radius 1 is 1.30 bits per heavy atom. The minimum atomic E-state index is -0.491. The van der Waals surface area contributed by atoms with Gasteiger partial charge < -0.3 is 4.90 Å². The number of aromatic nitrogens is 3. The van der Waals surface area contributed by atoms with Crippen molar-refractivity contribution >= 4 is 35.4 Å². The molecule has 10 heteroatoms. The smallest absolute Gasteiger partial charge is 0.269 e. The standard InChI is InChI=1S/C20H20ClN5O3S/c1-13-3-5-14(6-4-13)19-22-23-20(30)25(19)10-9-18(27)24(2)12-15-11-16(26(28)29)7-8-17(15)21/h3-8,11H,9-10,12H2,1-2H3,(H,23,30). The van der Waals surface area contributed by atoms with E-state index in [-0.39, 0.29) is 24.6 Å². The lowest BCUT2D eigenvalue weighted by atomic mass is 10.1. The molecule has 0 aliphatic carbocycles. The van der Waals surface area contributed by atoms with Crippen LogP contribution in [0.15, 0.2) is 42.5 Å². The predicted octanol–water partition coefficient (Wildman–Crippen LogP) is 4.53. The second-order valence-electron chi connectivity index (χ2n) is 6.90. The van der Waals surface area contributed by atoms with Gasteiger partial charge in [-0.05, 0) is 30.8 Å². The molecule has 0 saturated heterocycles. The van der Waals surface area contributed by atoms with Crippen LogP contribution in [0.25, 0.3) is 11.4 Å². The zero-order chi connectivity index (χ0) is 21.8. The van der Waals surface area contributed by atoms with Crippen LogP contribution in [0, 0.1) is 21.8 Å². The van der Waals surface area contributed by atoms with E-state index in [1.165, 1.54) is 23.1 Å². The highest BCUT2D eigenvalue weighted by Gasteiger charge is 2.16. The summed E-state index contributed by atoms with van der Waals surface area (Å²) in [5.74, 6) is 0.521. The van der Waals surface area contributed by atoms with Crippen molar-refractivity contribution in [2.24, 2.45) is 0 Å². The molecule has 0 unspecified atom stereocenters. The zero-order valence-electron chi connectivity index (χ0n) is 16.5. The number of amides is 1. The third kappa shape index (κ3) is 4.92. The van der Waals surface area contributed by atoms with E-state index in [0.29, 0.717) is 27.7 Å². The van der Waals surface area contributed by atoms with Gasteiger partial charge in [0.25, 0.3) is 5.69 Å². The van der Waals surface area contributed by atoms with Gasteiger partial charge in [-0.2, -0.15) is 5.10 Å². The van der Waals surface area contributed by atoms with Gasteiger partial charge >= 0.3 is 0 Å². The van der Waals surface area contributed by atoms with Crippen LogP contribution < -0.4 is 0 Å². The van der Waals surface area contributed by atoms with Gasteiger partial charge in [0.15, 0.2) is 10.6 Å². The molecule has 30 heavy (non-hydrogen) atoms. The average molecular weight is 446 g/mol. The summed E-state index contributed by atoms with van der Waals surface area (Å²) in [6.45, 7) is 2.52. The molecule has 1 N–H and O–H groups in total. The number of nitrogens with one attached hydrogen (secondary N) is 1. The molecule has 3 rings (SSSR count). The molecule has 1 amide bonds. The number of nitro benzene ring substituents is 1. The van der Waals surface area contributed by atoms with Gasteiger partial charge in [0.2, 0.25) is 5.91 Å². The van der Waals surface area contributed by atoms with E-state index in [9.17, 15) is 14.9 Å². The maximum atomic E-state index is 12.6. The first-order chi connectivity index (χ1) is 14.3. The molecule has 0 aliphatic rings. The molecule has 156 valence electrons. The number of benzene rings is 2. The number of aryl methyl sites for hydroxylation is 1. The number of rotatable bonds is 7. The summed E-state index contributed by atoms with van der Waals surface area (Å²) in [4.78, 5) is 24.6. The minimum Gasteiger partial charge on any atom is -0.341 e. The van der Waals surface area contributed by atoms with Gasteiger partial charge in [0.05, 0.1) is 4.92 Å². The summed E-state index contributed by atoms with van der Waals surface area (Å²) in [7, 11) is 1.63. The largest absolute Gasteiger partial charge is 0.341 e. The zero-order valence-corrected chi connectivity index (χ0v) is 18.0. The van der Waals surface area contributed by atoms with E-state index < -0.39 is 4.92 Å². The van der Waals surface area contributed by atoms with Crippen molar-refractivity contribution in [3.63, 3.8) is 0 Å². The van der Waals surface area contributed by atoms with Gasteiger partial charge in [-0.1, -0.05) is 41.4 Å². The number of aromatic amines is 1. The Morgan fingerprint density at radius 2 is 2.00 bits per heavy atom. The van der Waals surface area contributed by atoms with Crippen molar-refractivity contribution in [3.8, 4) is 11.4 Å². The number of carbonyl (C=O) groups is 1. The Hall–Kier alpha value is -3.04. The summed E-state index contributed by atoms with van der Waals surface area (Å²) < 4.78 is 2.22. The molecule has 8 nitrogen and oxygen atoms in total. The van der Waals surface area contributed by atoms with Crippen molar-refractivity contribution < 1.29 is 9.72 Å². The van der Waals surface area contributed by atoms with Crippen LogP contribution in [0.3, 0.4) is 0 Å². The van der Waals surface area contributed by atoms with Gasteiger partial charge in [-0.25, -0.2) is 0 Å². The number of hydrogen-bond acceptors (Lipinski definition) is 5. The summed E-state index contributed by atoms with van der Waals surface area (Å²) in [5, 5.41) is 18.4. The molecule has 3 aromatic rings. The quantitative estimate of drug-likeness (QED) is 0.327. The van der Waals surface area contributed by atoms with Gasteiger partial charge in [0.1, 0.15) is 0 Å². The highest BCUT2D eigenvalue weighted by Crippen LogP contribution is 2.23. The second kappa shape index (κ2) is 9.19. The van der Waals surface area contributed by atoms with Crippen LogP contribution >= 0.6 is 23.8 Å². The average Bonchev–Trinajstić information content (AvgIpc) is 3.08. The normalized spacial score (nSPS) is 10.8. The molecular formula is C20H20ClN5O3S. The molecule has 1 heterocycles. The number of halogens is 1.